The van der Waals surface area contributed by atoms with Crippen LogP contribution < -0.4 is 15.4 Å². The molecule has 172 valence electrons. The highest BCUT2D eigenvalue weighted by molar-refractivity contribution is 14.0. The second kappa shape index (κ2) is 14.1. The molecule has 0 spiro atoms. The fraction of sp³-hybridized carbons (Fsp3) is 0.696. The number of benzene rings is 1. The minimum absolute atomic E-state index is 0. The van der Waals surface area contributed by atoms with E-state index in [0.717, 1.165) is 69.4 Å². The molecule has 7 heteroatoms. The largest absolute Gasteiger partial charge is 0.488 e. The Morgan fingerprint density at radius 1 is 1.20 bits per heavy atom. The van der Waals surface area contributed by atoms with E-state index in [9.17, 15) is 0 Å². The minimum atomic E-state index is -0.237. The second-order valence-corrected chi connectivity index (χ2v) is 8.48. The maximum atomic E-state index is 6.14. The predicted octanol–water partition coefficient (Wildman–Crippen LogP) is 4.43. The second-order valence-electron chi connectivity index (χ2n) is 8.48. The fourth-order valence-electron chi connectivity index (χ4n) is 3.09. The molecule has 1 aliphatic rings. The molecule has 0 unspecified atom stereocenters. The van der Waals surface area contributed by atoms with Gasteiger partial charge in [-0.1, -0.05) is 12.1 Å². The summed E-state index contributed by atoms with van der Waals surface area (Å²) in [6.45, 7) is 15.0. The first-order chi connectivity index (χ1) is 13.9. The summed E-state index contributed by atoms with van der Waals surface area (Å²) in [6, 6.07) is 6.30. The molecular formula is C23H40IN3O3. The number of halogens is 1. The van der Waals surface area contributed by atoms with Crippen LogP contribution in [0.25, 0.3) is 0 Å². The van der Waals surface area contributed by atoms with Gasteiger partial charge in [0.15, 0.2) is 5.96 Å². The summed E-state index contributed by atoms with van der Waals surface area (Å²) in [4.78, 5) is 4.75. The number of hydrogen-bond acceptors (Lipinski definition) is 4. The molecule has 1 aromatic rings. The molecule has 0 bridgehead atoms. The van der Waals surface area contributed by atoms with Crippen molar-refractivity contribution in [3.05, 3.63) is 29.3 Å². The first-order valence-electron chi connectivity index (χ1n) is 10.9. The van der Waals surface area contributed by atoms with Crippen LogP contribution in [0.3, 0.4) is 0 Å². The van der Waals surface area contributed by atoms with Crippen molar-refractivity contribution in [2.75, 3.05) is 32.9 Å². The number of aryl methyl sites for hydroxylation is 1. The lowest BCUT2D eigenvalue weighted by Crippen LogP contribution is -2.38. The molecule has 0 radical (unpaired) electrons. The van der Waals surface area contributed by atoms with E-state index in [1.165, 1.54) is 5.56 Å². The molecular weight excluding hydrogens is 493 g/mol. The molecule has 1 aliphatic heterocycles. The van der Waals surface area contributed by atoms with Gasteiger partial charge in [0.05, 0.1) is 12.6 Å². The zero-order valence-electron chi connectivity index (χ0n) is 19.3. The Hall–Kier alpha value is -1.06. The van der Waals surface area contributed by atoms with Gasteiger partial charge in [-0.3, -0.25) is 0 Å². The van der Waals surface area contributed by atoms with Crippen molar-refractivity contribution in [3.63, 3.8) is 0 Å². The SMILES string of the molecule is CCNC(=NCc1ccc(C)cc1OC(C)(C)C)NCCCOC1CCOCC1.I. The van der Waals surface area contributed by atoms with Gasteiger partial charge in [-0.05, 0) is 65.5 Å². The number of guanidine groups is 1. The third kappa shape index (κ3) is 10.8. The Kier molecular flexibility index (Phi) is 12.7. The number of nitrogens with zero attached hydrogens (tertiary/aromatic N) is 1. The molecule has 1 saturated heterocycles. The third-order valence-electron chi connectivity index (χ3n) is 4.53. The summed E-state index contributed by atoms with van der Waals surface area (Å²) < 4.78 is 17.4. The van der Waals surface area contributed by atoms with Gasteiger partial charge in [-0.2, -0.15) is 0 Å². The summed E-state index contributed by atoms with van der Waals surface area (Å²) in [5, 5.41) is 6.71. The summed E-state index contributed by atoms with van der Waals surface area (Å²) in [5.74, 6) is 1.72. The third-order valence-corrected chi connectivity index (χ3v) is 4.53. The van der Waals surface area contributed by atoms with Crippen molar-refractivity contribution in [2.45, 2.75) is 72.1 Å². The molecule has 0 saturated carbocycles. The number of nitrogens with one attached hydrogen (secondary N) is 2. The first-order valence-corrected chi connectivity index (χ1v) is 10.9. The minimum Gasteiger partial charge on any atom is -0.488 e. The van der Waals surface area contributed by atoms with Crippen LogP contribution in [0.1, 0.15) is 58.1 Å². The number of ether oxygens (including phenoxy) is 3. The molecule has 2 N–H and O–H groups in total. The van der Waals surface area contributed by atoms with E-state index in [0.29, 0.717) is 12.6 Å². The van der Waals surface area contributed by atoms with Crippen LogP contribution in [-0.2, 0) is 16.0 Å². The van der Waals surface area contributed by atoms with Gasteiger partial charge in [-0.15, -0.1) is 24.0 Å². The van der Waals surface area contributed by atoms with Gasteiger partial charge < -0.3 is 24.8 Å². The van der Waals surface area contributed by atoms with Crippen molar-refractivity contribution in [1.82, 2.24) is 10.6 Å². The number of hydrogen-bond donors (Lipinski definition) is 2. The average Bonchev–Trinajstić information content (AvgIpc) is 2.66. The van der Waals surface area contributed by atoms with Crippen molar-refractivity contribution >= 4 is 29.9 Å². The van der Waals surface area contributed by atoms with Gasteiger partial charge in [0.25, 0.3) is 0 Å². The van der Waals surface area contributed by atoms with E-state index >= 15 is 0 Å². The van der Waals surface area contributed by atoms with E-state index in [4.69, 9.17) is 19.2 Å². The Balaban J connectivity index is 0.00000450. The molecule has 30 heavy (non-hydrogen) atoms. The number of rotatable bonds is 9. The molecule has 0 amide bonds. The van der Waals surface area contributed by atoms with Gasteiger partial charge >= 0.3 is 0 Å². The molecule has 0 aromatic heterocycles. The van der Waals surface area contributed by atoms with Crippen LogP contribution in [0.15, 0.2) is 23.2 Å². The maximum absolute atomic E-state index is 6.14. The molecule has 1 aromatic carbocycles. The fourth-order valence-corrected chi connectivity index (χ4v) is 3.09. The van der Waals surface area contributed by atoms with E-state index in [1.54, 1.807) is 0 Å². The average molecular weight is 533 g/mol. The standard InChI is InChI=1S/C23H39N3O3.HI/c1-6-24-22(25-12-7-13-28-20-10-14-27-15-11-20)26-17-19-9-8-18(2)16-21(19)29-23(3,4)5;/h8-9,16,20H,6-7,10-15,17H2,1-5H3,(H2,24,25,26);1H. The highest BCUT2D eigenvalue weighted by Gasteiger charge is 2.15. The molecule has 1 fully saturated rings. The van der Waals surface area contributed by atoms with Crippen molar-refractivity contribution in [3.8, 4) is 5.75 Å². The lowest BCUT2D eigenvalue weighted by Gasteiger charge is -2.23. The van der Waals surface area contributed by atoms with E-state index in [1.807, 2.05) is 0 Å². The zero-order chi connectivity index (χ0) is 21.1. The van der Waals surface area contributed by atoms with Crippen LogP contribution in [-0.4, -0.2) is 50.6 Å². The van der Waals surface area contributed by atoms with Crippen LogP contribution in [0.4, 0.5) is 0 Å². The lowest BCUT2D eigenvalue weighted by atomic mass is 10.1. The van der Waals surface area contributed by atoms with E-state index in [-0.39, 0.29) is 29.6 Å². The van der Waals surface area contributed by atoms with E-state index < -0.39 is 0 Å². The summed E-state index contributed by atoms with van der Waals surface area (Å²) >= 11 is 0. The van der Waals surface area contributed by atoms with Crippen LogP contribution in [0.5, 0.6) is 5.75 Å². The Bertz CT molecular complexity index is 641. The van der Waals surface area contributed by atoms with E-state index in [2.05, 4.69) is 63.5 Å². The van der Waals surface area contributed by atoms with Gasteiger partial charge in [0.1, 0.15) is 11.4 Å². The monoisotopic (exact) mass is 533 g/mol. The molecule has 1 heterocycles. The highest BCUT2D eigenvalue weighted by atomic mass is 127. The van der Waals surface area contributed by atoms with Gasteiger partial charge in [0.2, 0.25) is 0 Å². The maximum Gasteiger partial charge on any atom is 0.191 e. The quantitative estimate of drug-likeness (QED) is 0.213. The lowest BCUT2D eigenvalue weighted by molar-refractivity contribution is -0.0320. The Morgan fingerprint density at radius 3 is 2.60 bits per heavy atom. The topological polar surface area (TPSA) is 64.1 Å². The summed E-state index contributed by atoms with van der Waals surface area (Å²) in [5.41, 5.74) is 2.04. The van der Waals surface area contributed by atoms with Gasteiger partial charge in [-0.25, -0.2) is 4.99 Å². The van der Waals surface area contributed by atoms with Crippen molar-refractivity contribution < 1.29 is 14.2 Å². The predicted molar refractivity (Wildman–Crippen MR) is 134 cm³/mol. The number of aliphatic imine (C=N–C) groups is 1. The molecule has 6 nitrogen and oxygen atoms in total. The smallest absolute Gasteiger partial charge is 0.191 e. The van der Waals surface area contributed by atoms with Crippen molar-refractivity contribution in [2.24, 2.45) is 4.99 Å². The summed E-state index contributed by atoms with van der Waals surface area (Å²) in [6.07, 6.45) is 3.32. The normalized spacial score (nSPS) is 15.4. The molecule has 2 rings (SSSR count). The van der Waals surface area contributed by atoms with Crippen LogP contribution in [0, 0.1) is 6.92 Å². The van der Waals surface area contributed by atoms with Gasteiger partial charge in [0, 0.05) is 38.5 Å². The highest BCUT2D eigenvalue weighted by Crippen LogP contribution is 2.25. The van der Waals surface area contributed by atoms with Crippen molar-refractivity contribution in [1.29, 1.82) is 0 Å². The molecule has 0 atom stereocenters. The molecule has 0 aliphatic carbocycles. The Morgan fingerprint density at radius 2 is 1.93 bits per heavy atom. The van der Waals surface area contributed by atoms with Crippen LogP contribution >= 0.6 is 24.0 Å². The summed E-state index contributed by atoms with van der Waals surface area (Å²) in [7, 11) is 0. The zero-order valence-corrected chi connectivity index (χ0v) is 21.6. The Labute approximate surface area is 199 Å². The van der Waals surface area contributed by atoms with Crippen LogP contribution in [0.2, 0.25) is 0 Å². The first kappa shape index (κ1) is 27.0.